The second-order valence-corrected chi connectivity index (χ2v) is 3.77. The maximum Gasteiger partial charge on any atom is 0.337 e. The molecule has 0 aliphatic heterocycles. The first-order valence-electron chi connectivity index (χ1n) is 5.45. The Bertz CT molecular complexity index is 345. The van der Waals surface area contributed by atoms with Crippen molar-refractivity contribution >= 4 is 5.97 Å². The van der Waals surface area contributed by atoms with Gasteiger partial charge in [-0.1, -0.05) is 12.1 Å². The molecule has 0 saturated carbocycles. The van der Waals surface area contributed by atoms with Gasteiger partial charge in [-0.3, -0.25) is 0 Å². The molecule has 1 unspecified atom stereocenters. The van der Waals surface area contributed by atoms with Crippen LogP contribution in [0.4, 0.5) is 0 Å². The largest absolute Gasteiger partial charge is 0.465 e. The Hall–Kier alpha value is -1.39. The van der Waals surface area contributed by atoms with E-state index in [-0.39, 0.29) is 12.1 Å². The van der Waals surface area contributed by atoms with Crippen molar-refractivity contribution in [1.29, 1.82) is 0 Å². The highest BCUT2D eigenvalue weighted by Gasteiger charge is 2.05. The first-order chi connectivity index (χ1) is 8.17. The van der Waals surface area contributed by atoms with Crippen molar-refractivity contribution in [3.8, 4) is 0 Å². The van der Waals surface area contributed by atoms with Gasteiger partial charge in [0.2, 0.25) is 0 Å². The predicted octanol–water partition coefficient (Wildman–Crippen LogP) is 2.02. The van der Waals surface area contributed by atoms with Crippen LogP contribution in [0.1, 0.15) is 22.8 Å². The van der Waals surface area contributed by atoms with E-state index in [0.717, 1.165) is 5.56 Å². The van der Waals surface area contributed by atoms with Crippen LogP contribution < -0.4 is 0 Å². The average molecular weight is 238 g/mol. The van der Waals surface area contributed by atoms with Crippen LogP contribution in [0.2, 0.25) is 0 Å². The number of methoxy groups -OCH3 is 2. The molecular formula is C13H18O4. The Morgan fingerprint density at radius 3 is 2.41 bits per heavy atom. The van der Waals surface area contributed by atoms with Crippen molar-refractivity contribution < 1.29 is 19.0 Å². The van der Waals surface area contributed by atoms with Gasteiger partial charge in [-0.25, -0.2) is 4.79 Å². The third kappa shape index (κ3) is 4.54. The molecule has 0 aliphatic carbocycles. The lowest BCUT2D eigenvalue weighted by Crippen LogP contribution is -2.14. The summed E-state index contributed by atoms with van der Waals surface area (Å²) in [5.41, 5.74) is 1.56. The third-order valence-corrected chi connectivity index (χ3v) is 2.31. The van der Waals surface area contributed by atoms with Crippen molar-refractivity contribution in [2.24, 2.45) is 0 Å². The van der Waals surface area contributed by atoms with Gasteiger partial charge in [0.1, 0.15) is 0 Å². The zero-order chi connectivity index (χ0) is 12.7. The molecule has 0 amide bonds. The lowest BCUT2D eigenvalue weighted by atomic mass is 10.1. The Morgan fingerprint density at radius 1 is 1.24 bits per heavy atom. The fraction of sp³-hybridized carbons (Fsp3) is 0.462. The third-order valence-electron chi connectivity index (χ3n) is 2.31. The van der Waals surface area contributed by atoms with E-state index in [0.29, 0.717) is 18.8 Å². The van der Waals surface area contributed by atoms with E-state index in [1.165, 1.54) is 7.11 Å². The molecule has 0 aromatic heterocycles. The molecule has 1 atom stereocenters. The molecule has 4 heteroatoms. The minimum absolute atomic E-state index is 0.0558. The summed E-state index contributed by atoms with van der Waals surface area (Å²) < 4.78 is 15.1. The first kappa shape index (κ1) is 13.7. The van der Waals surface area contributed by atoms with Gasteiger partial charge >= 0.3 is 5.97 Å². The van der Waals surface area contributed by atoms with Crippen molar-refractivity contribution in [1.82, 2.24) is 0 Å². The minimum Gasteiger partial charge on any atom is -0.465 e. The van der Waals surface area contributed by atoms with Crippen molar-refractivity contribution in [3.05, 3.63) is 35.4 Å². The quantitative estimate of drug-likeness (QED) is 0.711. The molecule has 0 bridgehead atoms. The molecule has 17 heavy (non-hydrogen) atoms. The summed E-state index contributed by atoms with van der Waals surface area (Å²) >= 11 is 0. The Balaban J connectivity index is 2.48. The van der Waals surface area contributed by atoms with Crippen LogP contribution in [-0.2, 0) is 20.8 Å². The molecule has 0 radical (unpaired) electrons. The van der Waals surface area contributed by atoms with E-state index in [9.17, 15) is 4.79 Å². The van der Waals surface area contributed by atoms with Gasteiger partial charge in [-0.2, -0.15) is 0 Å². The number of hydrogen-bond donors (Lipinski definition) is 0. The maximum absolute atomic E-state index is 11.2. The second-order valence-electron chi connectivity index (χ2n) is 3.77. The molecule has 0 spiro atoms. The molecule has 1 rings (SSSR count). The average Bonchev–Trinajstić information content (AvgIpc) is 2.36. The lowest BCUT2D eigenvalue weighted by Gasteiger charge is -2.11. The predicted molar refractivity (Wildman–Crippen MR) is 63.9 cm³/mol. The summed E-state index contributed by atoms with van der Waals surface area (Å²) in [6, 6.07) is 7.16. The highest BCUT2D eigenvalue weighted by atomic mass is 16.5. The number of rotatable bonds is 6. The summed E-state index contributed by atoms with van der Waals surface area (Å²) in [4.78, 5) is 11.2. The SMILES string of the molecule is COCC(C)OCc1ccc(C(=O)OC)cc1. The van der Waals surface area contributed by atoms with E-state index >= 15 is 0 Å². The van der Waals surface area contributed by atoms with E-state index in [1.54, 1.807) is 19.2 Å². The number of carbonyl (C=O) groups is 1. The van der Waals surface area contributed by atoms with Crippen LogP contribution in [0.5, 0.6) is 0 Å². The van der Waals surface area contributed by atoms with Gasteiger partial charge < -0.3 is 14.2 Å². The lowest BCUT2D eigenvalue weighted by molar-refractivity contribution is -0.000137. The summed E-state index contributed by atoms with van der Waals surface area (Å²) in [7, 11) is 3.01. The Labute approximate surface area is 101 Å². The molecule has 0 N–H and O–H groups in total. The van der Waals surface area contributed by atoms with Gasteiger partial charge in [0, 0.05) is 7.11 Å². The number of carbonyl (C=O) groups excluding carboxylic acids is 1. The monoisotopic (exact) mass is 238 g/mol. The van der Waals surface area contributed by atoms with Crippen LogP contribution in [0, 0.1) is 0 Å². The van der Waals surface area contributed by atoms with Gasteiger partial charge in [0.25, 0.3) is 0 Å². The molecular weight excluding hydrogens is 220 g/mol. The minimum atomic E-state index is -0.329. The molecule has 0 aliphatic rings. The maximum atomic E-state index is 11.2. The van der Waals surface area contributed by atoms with Gasteiger partial charge in [0.15, 0.2) is 0 Å². The summed E-state index contributed by atoms with van der Waals surface area (Å²) in [6.07, 6.45) is 0.0558. The van der Waals surface area contributed by atoms with Crippen LogP contribution >= 0.6 is 0 Å². The van der Waals surface area contributed by atoms with Crippen LogP contribution in [0.15, 0.2) is 24.3 Å². The van der Waals surface area contributed by atoms with Crippen LogP contribution in [0.3, 0.4) is 0 Å². The smallest absolute Gasteiger partial charge is 0.337 e. The Morgan fingerprint density at radius 2 is 1.88 bits per heavy atom. The van der Waals surface area contributed by atoms with E-state index in [4.69, 9.17) is 9.47 Å². The number of benzene rings is 1. The van der Waals surface area contributed by atoms with E-state index < -0.39 is 0 Å². The second kappa shape index (κ2) is 7.04. The molecule has 0 saturated heterocycles. The molecule has 0 fully saturated rings. The zero-order valence-corrected chi connectivity index (χ0v) is 10.4. The van der Waals surface area contributed by atoms with Gasteiger partial charge in [-0.15, -0.1) is 0 Å². The number of hydrogen-bond acceptors (Lipinski definition) is 4. The highest BCUT2D eigenvalue weighted by molar-refractivity contribution is 5.89. The van der Waals surface area contributed by atoms with Crippen LogP contribution in [0.25, 0.3) is 0 Å². The van der Waals surface area contributed by atoms with Crippen LogP contribution in [-0.4, -0.2) is 32.9 Å². The zero-order valence-electron chi connectivity index (χ0n) is 10.4. The fourth-order valence-electron chi connectivity index (χ4n) is 1.38. The number of esters is 1. The molecule has 4 nitrogen and oxygen atoms in total. The summed E-state index contributed by atoms with van der Waals surface area (Å²) in [6.45, 7) is 3.03. The van der Waals surface area contributed by atoms with Crippen molar-refractivity contribution in [2.45, 2.75) is 19.6 Å². The summed E-state index contributed by atoms with van der Waals surface area (Å²) in [5, 5.41) is 0. The first-order valence-corrected chi connectivity index (χ1v) is 5.45. The molecule has 1 aromatic rings. The molecule has 0 heterocycles. The molecule has 1 aromatic carbocycles. The van der Waals surface area contributed by atoms with E-state index in [1.807, 2.05) is 19.1 Å². The summed E-state index contributed by atoms with van der Waals surface area (Å²) in [5.74, 6) is -0.329. The van der Waals surface area contributed by atoms with E-state index in [2.05, 4.69) is 4.74 Å². The molecule has 94 valence electrons. The highest BCUT2D eigenvalue weighted by Crippen LogP contribution is 2.08. The van der Waals surface area contributed by atoms with Crippen molar-refractivity contribution in [2.75, 3.05) is 20.8 Å². The topological polar surface area (TPSA) is 44.8 Å². The number of ether oxygens (including phenoxy) is 3. The van der Waals surface area contributed by atoms with Gasteiger partial charge in [-0.05, 0) is 24.6 Å². The van der Waals surface area contributed by atoms with Gasteiger partial charge in [0.05, 0.1) is 32.0 Å². The fourth-order valence-corrected chi connectivity index (χ4v) is 1.38. The van der Waals surface area contributed by atoms with Crippen molar-refractivity contribution in [3.63, 3.8) is 0 Å². The Kier molecular flexibility index (Phi) is 5.66. The standard InChI is InChI=1S/C13H18O4/c1-10(8-15-2)17-9-11-4-6-12(7-5-11)13(14)16-3/h4-7,10H,8-9H2,1-3H3. The normalized spacial score (nSPS) is 12.2.